The van der Waals surface area contributed by atoms with Crippen LogP contribution in [0.15, 0.2) is 63.6 Å². The van der Waals surface area contributed by atoms with Crippen LogP contribution in [-0.2, 0) is 13.1 Å². The molecule has 0 aromatic carbocycles. The molecule has 190 valence electrons. The number of hydrogen-bond acceptors (Lipinski definition) is 9. The van der Waals surface area contributed by atoms with Crippen LogP contribution in [0.25, 0.3) is 11.3 Å². The Labute approximate surface area is 223 Å². The van der Waals surface area contributed by atoms with Crippen molar-refractivity contribution in [3.63, 3.8) is 0 Å². The maximum atomic E-state index is 16.1. The minimum atomic E-state index is -0.839. The van der Waals surface area contributed by atoms with Gasteiger partial charge >= 0.3 is 5.91 Å². The van der Waals surface area contributed by atoms with Crippen LogP contribution in [0.5, 0.6) is 0 Å². The molecule has 0 aliphatic carbocycles. The summed E-state index contributed by atoms with van der Waals surface area (Å²) in [7, 11) is 3.49. The Balaban J connectivity index is 1.65. The number of nitrogens with zero attached hydrogens (tertiary/aromatic N) is 5. The van der Waals surface area contributed by atoms with Crippen molar-refractivity contribution in [3.8, 4) is 11.3 Å². The molecule has 0 radical (unpaired) electrons. The van der Waals surface area contributed by atoms with Crippen LogP contribution in [-0.4, -0.2) is 39.5 Å². The van der Waals surface area contributed by atoms with E-state index in [2.05, 4.69) is 15.6 Å². The number of carbonyl (C=O) groups excluding carboxylic acids is 1. The number of aromatic nitrogens is 4. The second kappa shape index (κ2) is 10.3. The van der Waals surface area contributed by atoms with Crippen molar-refractivity contribution < 1.29 is 13.7 Å². The first kappa shape index (κ1) is 24.9. The Bertz CT molecular complexity index is 1610. The maximum Gasteiger partial charge on any atom is 0.302 e. The summed E-state index contributed by atoms with van der Waals surface area (Å²) in [6.07, 6.45) is 2.90. The highest BCUT2D eigenvalue weighted by Crippen LogP contribution is 2.32. The summed E-state index contributed by atoms with van der Waals surface area (Å²) in [6.45, 7) is 0.505. The van der Waals surface area contributed by atoms with Gasteiger partial charge in [-0.1, -0.05) is 22.8 Å². The zero-order valence-corrected chi connectivity index (χ0v) is 22.0. The molecule has 0 saturated carbocycles. The third-order valence-electron chi connectivity index (χ3n) is 5.50. The number of carbonyl (C=O) groups is 1. The van der Waals surface area contributed by atoms with Crippen molar-refractivity contribution in [2.75, 3.05) is 24.3 Å². The van der Waals surface area contributed by atoms with Gasteiger partial charge in [0, 0.05) is 36.1 Å². The molecule has 0 unspecified atom stereocenters. The molecule has 5 rings (SSSR count). The van der Waals surface area contributed by atoms with Crippen molar-refractivity contribution in [1.82, 2.24) is 19.5 Å². The molecule has 0 aliphatic heterocycles. The van der Waals surface area contributed by atoms with Gasteiger partial charge in [0.15, 0.2) is 17.3 Å². The SMILES string of the molecule is CN(C)c1ccn(Cc2cccs2)c(=O)c1-c1nn(C(=O)c2ccon2)c(NCc2ccc(Cl)s2)c1F. The van der Waals surface area contributed by atoms with Crippen molar-refractivity contribution in [1.29, 1.82) is 0 Å². The van der Waals surface area contributed by atoms with E-state index in [1.54, 1.807) is 43.4 Å². The molecule has 5 aromatic rings. The Morgan fingerprint density at radius 3 is 2.70 bits per heavy atom. The molecule has 13 heteroatoms. The lowest BCUT2D eigenvalue weighted by atomic mass is 10.1. The summed E-state index contributed by atoms with van der Waals surface area (Å²) in [5, 5.41) is 12.8. The summed E-state index contributed by atoms with van der Waals surface area (Å²) >= 11 is 8.86. The molecule has 0 aliphatic rings. The van der Waals surface area contributed by atoms with Gasteiger partial charge in [-0.05, 0) is 29.6 Å². The molecule has 5 heterocycles. The predicted octanol–water partition coefficient (Wildman–Crippen LogP) is 5.03. The van der Waals surface area contributed by atoms with E-state index >= 15 is 4.39 Å². The summed E-state index contributed by atoms with van der Waals surface area (Å²) in [5.74, 6) is -1.76. The molecule has 0 amide bonds. The predicted molar refractivity (Wildman–Crippen MR) is 143 cm³/mol. The Hall–Kier alpha value is -3.74. The second-order valence-corrected chi connectivity index (χ2v) is 11.0. The van der Waals surface area contributed by atoms with Crippen LogP contribution in [0.1, 0.15) is 20.2 Å². The van der Waals surface area contributed by atoms with Crippen molar-refractivity contribution in [3.05, 3.63) is 90.2 Å². The molecule has 0 bridgehead atoms. The fourth-order valence-electron chi connectivity index (χ4n) is 3.76. The van der Waals surface area contributed by atoms with Crippen molar-refractivity contribution in [2.24, 2.45) is 0 Å². The highest BCUT2D eigenvalue weighted by atomic mass is 35.5. The normalized spacial score (nSPS) is 11.1. The lowest BCUT2D eigenvalue weighted by Crippen LogP contribution is -2.25. The quantitative estimate of drug-likeness (QED) is 0.285. The van der Waals surface area contributed by atoms with Crippen LogP contribution >= 0.6 is 34.3 Å². The standard InChI is InChI=1S/C24H20ClFN6O3S2/c1-30(2)17-7-9-31(13-15-4-3-11-36-15)24(34)19(17)21-20(26)22(27-12-14-5-6-18(25)37-14)32(28-21)23(33)16-8-10-35-29-16/h3-11,27H,12-13H2,1-2H3. The topological polar surface area (TPSA) is 98.2 Å². The van der Waals surface area contributed by atoms with E-state index in [4.69, 9.17) is 16.1 Å². The van der Waals surface area contributed by atoms with Gasteiger partial charge in [-0.15, -0.1) is 22.7 Å². The molecule has 0 fully saturated rings. The molecule has 0 atom stereocenters. The van der Waals surface area contributed by atoms with E-state index in [0.717, 1.165) is 14.4 Å². The zero-order chi connectivity index (χ0) is 26.1. The van der Waals surface area contributed by atoms with Gasteiger partial charge in [-0.3, -0.25) is 9.59 Å². The van der Waals surface area contributed by atoms with Gasteiger partial charge in [-0.25, -0.2) is 4.39 Å². The van der Waals surface area contributed by atoms with Gasteiger partial charge in [0.1, 0.15) is 12.0 Å². The molecule has 5 aromatic heterocycles. The van der Waals surface area contributed by atoms with Crippen LogP contribution in [0.2, 0.25) is 4.34 Å². The third kappa shape index (κ3) is 4.95. The summed E-state index contributed by atoms with van der Waals surface area (Å²) in [6, 6.07) is 10.4. The summed E-state index contributed by atoms with van der Waals surface area (Å²) in [4.78, 5) is 30.3. The maximum absolute atomic E-state index is 16.1. The molecular weight excluding hydrogens is 539 g/mol. The number of thiophene rings is 2. The van der Waals surface area contributed by atoms with E-state index in [-0.39, 0.29) is 29.3 Å². The smallest absolute Gasteiger partial charge is 0.302 e. The van der Waals surface area contributed by atoms with Gasteiger partial charge in [0.2, 0.25) is 0 Å². The van der Waals surface area contributed by atoms with E-state index in [0.29, 0.717) is 16.6 Å². The number of nitrogens with one attached hydrogen (secondary N) is 1. The number of pyridine rings is 1. The van der Waals surface area contributed by atoms with Crippen molar-refractivity contribution in [2.45, 2.75) is 13.1 Å². The van der Waals surface area contributed by atoms with Crippen LogP contribution in [0.3, 0.4) is 0 Å². The Kier molecular flexibility index (Phi) is 6.96. The highest BCUT2D eigenvalue weighted by molar-refractivity contribution is 7.16. The number of rotatable bonds is 8. The first-order valence-corrected chi connectivity index (χ1v) is 13.1. The van der Waals surface area contributed by atoms with E-state index < -0.39 is 17.3 Å². The average molecular weight is 559 g/mol. The van der Waals surface area contributed by atoms with Crippen LogP contribution in [0.4, 0.5) is 15.9 Å². The number of hydrogen-bond donors (Lipinski definition) is 1. The number of anilines is 2. The van der Waals surface area contributed by atoms with Gasteiger partial charge < -0.3 is 19.3 Å². The summed E-state index contributed by atoms with van der Waals surface area (Å²) in [5.41, 5.74) is -0.254. The van der Waals surface area contributed by atoms with Gasteiger partial charge in [-0.2, -0.15) is 9.78 Å². The molecule has 0 saturated heterocycles. The van der Waals surface area contributed by atoms with Gasteiger partial charge in [0.25, 0.3) is 5.56 Å². The third-order valence-corrected chi connectivity index (χ3v) is 7.60. The Morgan fingerprint density at radius 1 is 1.22 bits per heavy atom. The monoisotopic (exact) mass is 558 g/mol. The van der Waals surface area contributed by atoms with E-state index in [9.17, 15) is 9.59 Å². The highest BCUT2D eigenvalue weighted by Gasteiger charge is 2.29. The average Bonchev–Trinajstić information content (AvgIpc) is 3.68. The van der Waals surface area contributed by atoms with Crippen LogP contribution < -0.4 is 15.8 Å². The summed E-state index contributed by atoms with van der Waals surface area (Å²) < 4.78 is 23.8. The largest absolute Gasteiger partial charge is 0.377 e. The lowest BCUT2D eigenvalue weighted by Gasteiger charge is -2.17. The Morgan fingerprint density at radius 2 is 2.05 bits per heavy atom. The zero-order valence-electron chi connectivity index (χ0n) is 19.6. The molecular formula is C24H20ClFN6O3S2. The van der Waals surface area contributed by atoms with Crippen molar-refractivity contribution >= 4 is 51.7 Å². The van der Waals surface area contributed by atoms with E-state index in [1.165, 1.54) is 39.6 Å². The van der Waals surface area contributed by atoms with Gasteiger partial charge in [0.05, 0.1) is 28.7 Å². The number of halogens is 2. The lowest BCUT2D eigenvalue weighted by molar-refractivity contribution is 0.0938. The molecule has 1 N–H and O–H groups in total. The molecule has 37 heavy (non-hydrogen) atoms. The van der Waals surface area contributed by atoms with Crippen LogP contribution in [0, 0.1) is 5.82 Å². The minimum absolute atomic E-state index is 0.0375. The fourth-order valence-corrected chi connectivity index (χ4v) is 5.49. The first-order chi connectivity index (χ1) is 17.8. The second-order valence-electron chi connectivity index (χ2n) is 8.16. The molecule has 9 nitrogen and oxygen atoms in total. The fraction of sp³-hybridized carbons (Fsp3) is 0.167. The first-order valence-electron chi connectivity index (χ1n) is 11.0. The van der Waals surface area contributed by atoms with E-state index in [1.807, 2.05) is 17.5 Å². The minimum Gasteiger partial charge on any atom is -0.377 e. The molecule has 0 spiro atoms.